The van der Waals surface area contributed by atoms with Crippen molar-refractivity contribution >= 4 is 40.0 Å². The maximum absolute atomic E-state index is 17.8. The predicted molar refractivity (Wildman–Crippen MR) is 156 cm³/mol. The van der Waals surface area contributed by atoms with Gasteiger partial charge in [0.05, 0.1) is 11.9 Å². The van der Waals surface area contributed by atoms with Crippen molar-refractivity contribution in [2.45, 2.75) is 77.0 Å². The van der Waals surface area contributed by atoms with Gasteiger partial charge in [0.25, 0.3) is 0 Å². The molecule has 0 spiro atoms. The van der Waals surface area contributed by atoms with Crippen LogP contribution in [0.15, 0.2) is 48.1 Å². The molecule has 0 amide bonds. The van der Waals surface area contributed by atoms with Crippen LogP contribution in [-0.4, -0.2) is 62.7 Å². The molecule has 0 radical (unpaired) electrons. The van der Waals surface area contributed by atoms with E-state index in [2.05, 4.69) is 0 Å². The van der Waals surface area contributed by atoms with Crippen molar-refractivity contribution in [3.63, 3.8) is 0 Å². The predicted octanol–water partition coefficient (Wildman–Crippen LogP) is 5.61. The van der Waals surface area contributed by atoms with E-state index >= 15 is 8.78 Å². The second-order valence-electron chi connectivity index (χ2n) is 13.5. The number of hydrogen-bond acceptors (Lipinski definition) is 7. The number of aliphatic hydroxyl groups is 1. The van der Waals surface area contributed by atoms with Gasteiger partial charge in [-0.15, -0.1) is 0 Å². The number of nitrogens with zero attached hydrogens (tertiary/aromatic N) is 1. The molecule has 6 rings (SSSR count). The maximum atomic E-state index is 17.8. The number of allylic oxidation sites excluding steroid dienone is 4. The van der Waals surface area contributed by atoms with Gasteiger partial charge < -0.3 is 5.11 Å². The highest BCUT2D eigenvalue weighted by Gasteiger charge is 2.83. The van der Waals surface area contributed by atoms with Crippen LogP contribution in [0.3, 0.4) is 0 Å². The van der Waals surface area contributed by atoms with Crippen LogP contribution in [0, 0.1) is 28.1 Å². The Morgan fingerprint density at radius 2 is 1.88 bits per heavy atom. The third-order valence-electron chi connectivity index (χ3n) is 11.4. The first-order valence-electron chi connectivity index (χ1n) is 14.4. The molecule has 226 valence electrons. The average Bonchev–Trinajstić information content (AvgIpc) is 3.37. The fraction of sp³-hybridized carbons (Fsp3) is 0.594. The number of carbonyl (C=O) groups is 3. The Bertz CT molecular complexity index is 1420. The van der Waals surface area contributed by atoms with E-state index < -0.39 is 51.5 Å². The van der Waals surface area contributed by atoms with Gasteiger partial charge in [-0.05, 0) is 73.9 Å². The van der Waals surface area contributed by atoms with Crippen LogP contribution in [0.25, 0.3) is 0 Å². The molecule has 3 saturated carbocycles. The number of hydrogen-bond donors (Lipinski definition) is 1. The van der Waals surface area contributed by atoms with Gasteiger partial charge in [-0.2, -0.15) is 5.06 Å². The first-order chi connectivity index (χ1) is 19.6. The summed E-state index contributed by atoms with van der Waals surface area (Å²) in [6, 6.07) is 7.32. The number of thioether (sulfide) groups is 1. The van der Waals surface area contributed by atoms with Crippen molar-refractivity contribution in [2.24, 2.45) is 28.1 Å². The molecule has 6 nitrogen and oxygen atoms in total. The standard InChI is InChI=1S/C32H36ClF2NO5S/c1-18(37)17-42-27(40)32-20(16-36(41-32)15-19-5-7-21(33)8-6-19)13-29(3)25-12-24(34)23-11-22(38)9-10-28(23,2)31(25,35)26(39)14-30(29,32)4/h5-11,20,24-26,39H,12-17H2,1-4H3. The van der Waals surface area contributed by atoms with Crippen molar-refractivity contribution in [3.05, 3.63) is 58.7 Å². The highest BCUT2D eigenvalue weighted by atomic mass is 35.5. The first kappa shape index (κ1) is 30.1. The Morgan fingerprint density at radius 3 is 2.55 bits per heavy atom. The molecule has 9 unspecified atom stereocenters. The Labute approximate surface area is 253 Å². The van der Waals surface area contributed by atoms with Gasteiger partial charge in [0, 0.05) is 40.8 Å². The van der Waals surface area contributed by atoms with E-state index in [9.17, 15) is 19.5 Å². The van der Waals surface area contributed by atoms with E-state index in [-0.39, 0.29) is 41.0 Å². The van der Waals surface area contributed by atoms with Crippen molar-refractivity contribution < 1.29 is 33.1 Å². The summed E-state index contributed by atoms with van der Waals surface area (Å²) >= 11 is 6.96. The van der Waals surface area contributed by atoms with Crippen LogP contribution >= 0.6 is 23.4 Å². The van der Waals surface area contributed by atoms with Crippen LogP contribution in [0.4, 0.5) is 8.78 Å². The number of alkyl halides is 2. The van der Waals surface area contributed by atoms with Crippen LogP contribution < -0.4 is 0 Å². The molecule has 5 aliphatic rings. The summed E-state index contributed by atoms with van der Waals surface area (Å²) in [5.74, 6) is -1.93. The number of aliphatic hydroxyl groups excluding tert-OH is 1. The zero-order chi connectivity index (χ0) is 30.5. The lowest BCUT2D eigenvalue weighted by atomic mass is 9.40. The van der Waals surface area contributed by atoms with E-state index in [1.807, 2.05) is 26.0 Å². The molecule has 0 aromatic heterocycles. The van der Waals surface area contributed by atoms with Gasteiger partial charge in [-0.1, -0.05) is 55.4 Å². The minimum atomic E-state index is -2.27. The number of halogens is 3. The lowest BCUT2D eigenvalue weighted by Gasteiger charge is -2.67. The molecule has 1 aromatic carbocycles. The first-order valence-corrected chi connectivity index (χ1v) is 15.8. The summed E-state index contributed by atoms with van der Waals surface area (Å²) in [5, 5.41) is 13.8. The van der Waals surface area contributed by atoms with Gasteiger partial charge >= 0.3 is 0 Å². The summed E-state index contributed by atoms with van der Waals surface area (Å²) in [6.07, 6.45) is 0.774. The number of Topliss-reactive ketones (excluding diaryl/α,β-unsaturated/α-hetero) is 1. The molecule has 1 aromatic rings. The molecule has 9 atom stereocenters. The van der Waals surface area contributed by atoms with Crippen LogP contribution in [0.1, 0.15) is 52.5 Å². The molecular formula is C32H36ClF2NO5S. The Kier molecular flexibility index (Phi) is 7.03. The van der Waals surface area contributed by atoms with Gasteiger partial charge in [0.1, 0.15) is 12.0 Å². The maximum Gasteiger partial charge on any atom is 0.224 e. The number of rotatable bonds is 5. The van der Waals surface area contributed by atoms with Gasteiger partial charge in [0.2, 0.25) is 5.12 Å². The van der Waals surface area contributed by atoms with Crippen molar-refractivity contribution in [1.82, 2.24) is 5.06 Å². The normalized spacial score (nSPS) is 44.2. The van der Waals surface area contributed by atoms with Crippen molar-refractivity contribution in [3.8, 4) is 0 Å². The SMILES string of the molecule is CC(=O)CSC(=O)C12ON(Cc3ccc(Cl)cc3)CC1CC1(C)C3CC(F)C4=CC(=O)C=CC4(C)C3(F)C(O)CC12C. The van der Waals surface area contributed by atoms with Crippen molar-refractivity contribution in [1.29, 1.82) is 0 Å². The molecule has 4 aliphatic carbocycles. The molecule has 1 saturated heterocycles. The Morgan fingerprint density at radius 1 is 1.19 bits per heavy atom. The molecule has 0 bridgehead atoms. The quantitative estimate of drug-likeness (QED) is 0.459. The van der Waals surface area contributed by atoms with E-state index in [4.69, 9.17) is 16.4 Å². The van der Waals surface area contributed by atoms with Gasteiger partial charge in [-0.25, -0.2) is 8.78 Å². The number of fused-ring (bicyclic) bond motifs is 7. The lowest BCUT2D eigenvalue weighted by Crippen LogP contribution is -2.73. The van der Waals surface area contributed by atoms with Crippen LogP contribution in [0.5, 0.6) is 0 Å². The number of ketones is 2. The largest absolute Gasteiger partial charge is 0.390 e. The summed E-state index contributed by atoms with van der Waals surface area (Å²) in [4.78, 5) is 45.1. The topological polar surface area (TPSA) is 83.9 Å². The zero-order valence-electron chi connectivity index (χ0n) is 24.2. The summed E-state index contributed by atoms with van der Waals surface area (Å²) in [5.41, 5.74) is -6.30. The fourth-order valence-electron chi connectivity index (χ4n) is 9.28. The number of benzene rings is 1. The second kappa shape index (κ2) is 9.80. The van der Waals surface area contributed by atoms with E-state index in [1.54, 1.807) is 24.1 Å². The average molecular weight is 620 g/mol. The fourth-order valence-corrected chi connectivity index (χ4v) is 10.4. The molecule has 42 heavy (non-hydrogen) atoms. The summed E-state index contributed by atoms with van der Waals surface area (Å²) in [6.45, 7) is 7.52. The minimum absolute atomic E-state index is 0.0305. The highest BCUT2D eigenvalue weighted by Crippen LogP contribution is 2.78. The molecule has 1 N–H and O–H groups in total. The molecule has 10 heteroatoms. The minimum Gasteiger partial charge on any atom is -0.390 e. The third kappa shape index (κ3) is 3.82. The lowest BCUT2D eigenvalue weighted by molar-refractivity contribution is -0.286. The summed E-state index contributed by atoms with van der Waals surface area (Å²) < 4.78 is 33.8. The number of hydroxylamine groups is 2. The molecule has 4 fully saturated rings. The Hall–Kier alpha value is -1.91. The highest BCUT2D eigenvalue weighted by molar-refractivity contribution is 8.14. The third-order valence-corrected chi connectivity index (χ3v) is 12.8. The van der Waals surface area contributed by atoms with E-state index in [1.165, 1.54) is 25.2 Å². The number of carbonyl (C=O) groups excluding carboxylic acids is 3. The van der Waals surface area contributed by atoms with Gasteiger partial charge in [0.15, 0.2) is 17.1 Å². The molecule has 1 aliphatic heterocycles. The summed E-state index contributed by atoms with van der Waals surface area (Å²) in [7, 11) is 0. The van der Waals surface area contributed by atoms with Crippen molar-refractivity contribution in [2.75, 3.05) is 12.3 Å². The smallest absolute Gasteiger partial charge is 0.224 e. The van der Waals surface area contributed by atoms with E-state index in [0.717, 1.165) is 17.3 Å². The van der Waals surface area contributed by atoms with Gasteiger partial charge in [-0.3, -0.25) is 19.2 Å². The zero-order valence-corrected chi connectivity index (χ0v) is 25.7. The second-order valence-corrected chi connectivity index (χ2v) is 14.9. The Balaban J connectivity index is 1.44. The van der Waals surface area contributed by atoms with E-state index in [0.29, 0.717) is 24.5 Å². The molecular weight excluding hydrogens is 584 g/mol. The van der Waals surface area contributed by atoms with Crippen LogP contribution in [-0.2, 0) is 25.8 Å². The molecule has 1 heterocycles. The van der Waals surface area contributed by atoms with Crippen LogP contribution in [0.2, 0.25) is 5.02 Å². The monoisotopic (exact) mass is 619 g/mol.